The molecule has 3 nitrogen and oxygen atoms in total. The van der Waals surface area contributed by atoms with Gasteiger partial charge in [-0.1, -0.05) is 6.07 Å². The second-order valence-corrected chi connectivity index (χ2v) is 4.42. The summed E-state index contributed by atoms with van der Waals surface area (Å²) in [5, 5.41) is 0. The molecule has 2 rings (SSSR count). The molecule has 1 heterocycles. The molecule has 0 radical (unpaired) electrons. The van der Waals surface area contributed by atoms with Gasteiger partial charge in [-0.2, -0.15) is 0 Å². The number of halogens is 1. The normalized spacial score (nSPS) is 19.4. The molecule has 1 aromatic carbocycles. The molecule has 92 valence electrons. The van der Waals surface area contributed by atoms with E-state index in [0.717, 1.165) is 12.0 Å². The largest absolute Gasteiger partial charge is 0.379 e. The average molecular weight is 237 g/mol. The van der Waals surface area contributed by atoms with Crippen LogP contribution in [0.1, 0.15) is 22.3 Å². The zero-order valence-corrected chi connectivity index (χ0v) is 10.1. The summed E-state index contributed by atoms with van der Waals surface area (Å²) in [4.78, 5) is 13.7. The van der Waals surface area contributed by atoms with Crippen LogP contribution in [0.25, 0.3) is 0 Å². The van der Waals surface area contributed by atoms with E-state index in [-0.39, 0.29) is 17.5 Å². The Labute approximate surface area is 100 Å². The minimum atomic E-state index is -0.458. The molecular formula is C13H16FNO2. The highest BCUT2D eigenvalue weighted by molar-refractivity contribution is 5.94. The van der Waals surface area contributed by atoms with Crippen molar-refractivity contribution in [3.05, 3.63) is 35.1 Å². The molecule has 0 N–H and O–H groups in total. The lowest BCUT2D eigenvalue weighted by atomic mass is 10.1. The Bertz CT molecular complexity index is 427. The van der Waals surface area contributed by atoms with Crippen molar-refractivity contribution < 1.29 is 13.9 Å². The first-order chi connectivity index (χ1) is 8.09. The van der Waals surface area contributed by atoms with Gasteiger partial charge in [0.25, 0.3) is 5.91 Å². The van der Waals surface area contributed by atoms with Crippen LogP contribution in [0, 0.1) is 12.7 Å². The Balaban J connectivity index is 2.18. The van der Waals surface area contributed by atoms with Gasteiger partial charge < -0.3 is 9.64 Å². The number of amides is 1. The van der Waals surface area contributed by atoms with Gasteiger partial charge in [0.1, 0.15) is 5.82 Å². The number of carbonyl (C=O) groups excluding carboxylic acids is 1. The third kappa shape index (κ3) is 2.47. The summed E-state index contributed by atoms with van der Waals surface area (Å²) in [6.07, 6.45) is 0.815. The van der Waals surface area contributed by atoms with E-state index < -0.39 is 5.82 Å². The molecule has 0 aromatic heterocycles. The topological polar surface area (TPSA) is 29.5 Å². The highest BCUT2D eigenvalue weighted by Gasteiger charge is 2.26. The molecule has 1 atom stereocenters. The van der Waals surface area contributed by atoms with Crippen molar-refractivity contribution in [2.45, 2.75) is 19.4 Å². The molecule has 1 unspecified atom stereocenters. The summed E-state index contributed by atoms with van der Waals surface area (Å²) in [5.74, 6) is -0.737. The van der Waals surface area contributed by atoms with Crippen molar-refractivity contribution in [1.29, 1.82) is 0 Å². The monoisotopic (exact) mass is 237 g/mol. The number of benzene rings is 1. The van der Waals surface area contributed by atoms with Gasteiger partial charge in [-0.3, -0.25) is 4.79 Å². The van der Waals surface area contributed by atoms with Crippen LogP contribution in [0.4, 0.5) is 4.39 Å². The summed E-state index contributed by atoms with van der Waals surface area (Å²) < 4.78 is 18.9. The van der Waals surface area contributed by atoms with E-state index in [9.17, 15) is 9.18 Å². The third-order valence-corrected chi connectivity index (χ3v) is 3.13. The lowest BCUT2D eigenvalue weighted by Crippen LogP contribution is -2.37. The molecule has 1 amide bonds. The van der Waals surface area contributed by atoms with Crippen molar-refractivity contribution in [3.63, 3.8) is 0 Å². The maximum absolute atomic E-state index is 13.7. The van der Waals surface area contributed by atoms with Crippen LogP contribution >= 0.6 is 0 Å². The van der Waals surface area contributed by atoms with Gasteiger partial charge in [0.05, 0.1) is 18.2 Å². The summed E-state index contributed by atoms with van der Waals surface area (Å²) in [6.45, 7) is 3.00. The molecule has 0 aliphatic carbocycles. The van der Waals surface area contributed by atoms with Gasteiger partial charge in [0, 0.05) is 13.7 Å². The zero-order valence-electron chi connectivity index (χ0n) is 10.1. The molecule has 1 fully saturated rings. The highest BCUT2D eigenvalue weighted by atomic mass is 19.1. The molecule has 1 saturated heterocycles. The summed E-state index contributed by atoms with van der Waals surface area (Å²) in [5.41, 5.74) is 0.941. The maximum Gasteiger partial charge on any atom is 0.256 e. The zero-order chi connectivity index (χ0) is 12.4. The Hall–Kier alpha value is -1.42. The fourth-order valence-corrected chi connectivity index (χ4v) is 1.98. The highest BCUT2D eigenvalue weighted by Crippen LogP contribution is 2.16. The van der Waals surface area contributed by atoms with Gasteiger partial charge in [0.2, 0.25) is 0 Å². The lowest BCUT2D eigenvalue weighted by molar-refractivity contribution is 0.0706. The Morgan fingerprint density at radius 2 is 2.29 bits per heavy atom. The standard InChI is InChI=1S/C13H16FNO2/c1-9-3-4-11(12(14)7-9)13(16)15(2)10-5-6-17-8-10/h3-4,7,10H,5-6,8H2,1-2H3. The van der Waals surface area contributed by atoms with E-state index >= 15 is 0 Å². The number of hydrogen-bond acceptors (Lipinski definition) is 2. The van der Waals surface area contributed by atoms with Gasteiger partial charge in [-0.25, -0.2) is 4.39 Å². The maximum atomic E-state index is 13.7. The molecule has 0 spiro atoms. The van der Waals surface area contributed by atoms with Crippen molar-refractivity contribution in [2.75, 3.05) is 20.3 Å². The summed E-state index contributed by atoms with van der Waals surface area (Å²) in [7, 11) is 1.70. The predicted octanol–water partition coefficient (Wildman–Crippen LogP) is 2.00. The van der Waals surface area contributed by atoms with E-state index in [1.807, 2.05) is 0 Å². The third-order valence-electron chi connectivity index (χ3n) is 3.13. The molecule has 1 aliphatic rings. The molecule has 0 saturated carbocycles. The number of hydrogen-bond donors (Lipinski definition) is 0. The molecule has 4 heteroatoms. The fourth-order valence-electron chi connectivity index (χ4n) is 1.98. The van der Waals surface area contributed by atoms with Crippen LogP contribution in [0.3, 0.4) is 0 Å². The van der Waals surface area contributed by atoms with Crippen LogP contribution in [-0.4, -0.2) is 37.1 Å². The molecule has 1 aromatic rings. The molecule has 1 aliphatic heterocycles. The van der Waals surface area contributed by atoms with Crippen LogP contribution in [0.5, 0.6) is 0 Å². The molecule has 0 bridgehead atoms. The first kappa shape index (κ1) is 12.0. The van der Waals surface area contributed by atoms with Crippen LogP contribution in [0.15, 0.2) is 18.2 Å². The van der Waals surface area contributed by atoms with Gasteiger partial charge in [-0.05, 0) is 31.0 Å². The van der Waals surface area contributed by atoms with Crippen molar-refractivity contribution >= 4 is 5.91 Å². The number of aryl methyl sites for hydroxylation is 1. The first-order valence-corrected chi connectivity index (χ1v) is 5.70. The summed E-state index contributed by atoms with van der Waals surface area (Å²) in [6, 6.07) is 4.73. The number of carbonyl (C=O) groups is 1. The molecule has 17 heavy (non-hydrogen) atoms. The second-order valence-electron chi connectivity index (χ2n) is 4.42. The minimum Gasteiger partial charge on any atom is -0.379 e. The van der Waals surface area contributed by atoms with Crippen molar-refractivity contribution in [2.24, 2.45) is 0 Å². The van der Waals surface area contributed by atoms with Crippen molar-refractivity contribution in [3.8, 4) is 0 Å². The quantitative estimate of drug-likeness (QED) is 0.787. The number of ether oxygens (including phenoxy) is 1. The number of likely N-dealkylation sites (N-methyl/N-ethyl adjacent to an activating group) is 1. The average Bonchev–Trinajstić information content (AvgIpc) is 2.80. The van der Waals surface area contributed by atoms with E-state index in [2.05, 4.69) is 0 Å². The smallest absolute Gasteiger partial charge is 0.256 e. The van der Waals surface area contributed by atoms with E-state index in [4.69, 9.17) is 4.74 Å². The predicted molar refractivity (Wildman–Crippen MR) is 62.5 cm³/mol. The first-order valence-electron chi connectivity index (χ1n) is 5.70. The Morgan fingerprint density at radius 1 is 1.53 bits per heavy atom. The summed E-state index contributed by atoms with van der Waals surface area (Å²) >= 11 is 0. The van der Waals surface area contributed by atoms with E-state index in [1.54, 1.807) is 31.0 Å². The Morgan fingerprint density at radius 3 is 2.88 bits per heavy atom. The fraction of sp³-hybridized carbons (Fsp3) is 0.462. The van der Waals surface area contributed by atoms with Gasteiger partial charge >= 0.3 is 0 Å². The SMILES string of the molecule is Cc1ccc(C(=O)N(C)C2CCOC2)c(F)c1. The van der Waals surface area contributed by atoms with Gasteiger partial charge in [-0.15, -0.1) is 0 Å². The van der Waals surface area contributed by atoms with Crippen LogP contribution in [0.2, 0.25) is 0 Å². The number of nitrogens with zero attached hydrogens (tertiary/aromatic N) is 1. The number of rotatable bonds is 2. The van der Waals surface area contributed by atoms with E-state index in [1.165, 1.54) is 6.07 Å². The van der Waals surface area contributed by atoms with E-state index in [0.29, 0.717) is 13.2 Å². The van der Waals surface area contributed by atoms with Crippen LogP contribution in [-0.2, 0) is 4.74 Å². The molecular weight excluding hydrogens is 221 g/mol. The van der Waals surface area contributed by atoms with Crippen LogP contribution < -0.4 is 0 Å². The lowest BCUT2D eigenvalue weighted by Gasteiger charge is -2.23. The second kappa shape index (κ2) is 4.84. The van der Waals surface area contributed by atoms with Crippen molar-refractivity contribution in [1.82, 2.24) is 4.90 Å². The minimum absolute atomic E-state index is 0.0585. The van der Waals surface area contributed by atoms with Gasteiger partial charge in [0.15, 0.2) is 0 Å². The Kier molecular flexibility index (Phi) is 3.43.